The van der Waals surface area contributed by atoms with Gasteiger partial charge in [-0.3, -0.25) is 8.37 Å². The van der Waals surface area contributed by atoms with E-state index in [1.807, 2.05) is 0 Å². The number of carbonyl (C=O) groups excluding carboxylic acids is 1. The smallest absolute Gasteiger partial charge is 0.410 e. The maximum atomic E-state index is 12.0. The molecule has 0 radical (unpaired) electrons. The van der Waals surface area contributed by atoms with Gasteiger partial charge in [0.15, 0.2) is 0 Å². The monoisotopic (exact) mass is 371 g/mol. The molecule has 0 unspecified atom stereocenters. The van der Waals surface area contributed by atoms with Gasteiger partial charge in [-0.25, -0.2) is 4.79 Å². The number of amides is 1. The predicted molar refractivity (Wildman–Crippen MR) is 81.8 cm³/mol. The third kappa shape index (κ3) is 7.77. The highest BCUT2D eigenvalue weighted by Gasteiger charge is 2.38. The zero-order chi connectivity index (χ0) is 17.7. The maximum Gasteiger partial charge on any atom is 0.410 e. The molecule has 1 saturated heterocycles. The van der Waals surface area contributed by atoms with Crippen LogP contribution in [0.25, 0.3) is 0 Å². The molecule has 1 heterocycles. The Kier molecular flexibility index (Phi) is 6.99. The summed E-state index contributed by atoms with van der Waals surface area (Å²) in [7, 11) is -7.25. The van der Waals surface area contributed by atoms with E-state index < -0.39 is 38.5 Å². The zero-order valence-electron chi connectivity index (χ0n) is 13.0. The van der Waals surface area contributed by atoms with Gasteiger partial charge in [0.1, 0.15) is 6.61 Å². The van der Waals surface area contributed by atoms with Crippen LogP contribution in [0, 0.1) is 0 Å². The number of nitrogens with zero attached hydrogens (tertiary/aromatic N) is 1. The van der Waals surface area contributed by atoms with E-state index in [0.717, 1.165) is 12.5 Å². The standard InChI is InChI=1S/C12H21NO8S2/c1-4-6-19-12(14)13-9-11(21-23(3,17)18)8-10(13)5-7-20-22(2,15)16/h4,10-11H,1,5-9H2,2-3H3/t10-,11-/m1/s1. The van der Waals surface area contributed by atoms with Gasteiger partial charge in [0.2, 0.25) is 0 Å². The minimum absolute atomic E-state index is 0.0134. The molecule has 0 saturated carbocycles. The van der Waals surface area contributed by atoms with E-state index in [9.17, 15) is 21.6 Å². The van der Waals surface area contributed by atoms with Crippen molar-refractivity contribution in [2.75, 3.05) is 32.3 Å². The highest BCUT2D eigenvalue weighted by atomic mass is 32.2. The van der Waals surface area contributed by atoms with Crippen molar-refractivity contribution in [3.05, 3.63) is 12.7 Å². The summed E-state index contributed by atoms with van der Waals surface area (Å²) in [4.78, 5) is 13.3. The van der Waals surface area contributed by atoms with Crippen LogP contribution in [-0.4, -0.2) is 72.2 Å². The van der Waals surface area contributed by atoms with Crippen molar-refractivity contribution in [1.82, 2.24) is 4.90 Å². The van der Waals surface area contributed by atoms with Gasteiger partial charge in [-0.05, 0) is 12.8 Å². The first kappa shape index (κ1) is 19.9. The summed E-state index contributed by atoms with van der Waals surface area (Å²) < 4.78 is 58.9. The normalized spacial score (nSPS) is 22.1. The van der Waals surface area contributed by atoms with Crippen molar-refractivity contribution in [3.63, 3.8) is 0 Å². The third-order valence-electron chi connectivity index (χ3n) is 2.99. The molecule has 9 nitrogen and oxygen atoms in total. The molecule has 1 fully saturated rings. The molecular weight excluding hydrogens is 350 g/mol. The number of ether oxygens (including phenoxy) is 1. The summed E-state index contributed by atoms with van der Waals surface area (Å²) in [5.41, 5.74) is 0. The number of rotatable bonds is 8. The fourth-order valence-corrected chi connectivity index (χ4v) is 3.27. The minimum atomic E-state index is -3.66. The molecule has 1 aliphatic heterocycles. The topological polar surface area (TPSA) is 116 Å². The Balaban J connectivity index is 2.71. The number of likely N-dealkylation sites (tertiary alicyclic amines) is 1. The van der Waals surface area contributed by atoms with Gasteiger partial charge in [0.25, 0.3) is 20.2 Å². The quantitative estimate of drug-likeness (QED) is 0.435. The van der Waals surface area contributed by atoms with E-state index >= 15 is 0 Å². The van der Waals surface area contributed by atoms with E-state index in [1.165, 1.54) is 11.0 Å². The van der Waals surface area contributed by atoms with Crippen LogP contribution in [0.5, 0.6) is 0 Å². The molecule has 134 valence electrons. The van der Waals surface area contributed by atoms with Gasteiger partial charge in [-0.2, -0.15) is 16.8 Å². The predicted octanol–water partition coefficient (Wildman–Crippen LogP) is 0.0944. The van der Waals surface area contributed by atoms with Crippen molar-refractivity contribution < 1.29 is 34.7 Å². The van der Waals surface area contributed by atoms with E-state index in [2.05, 4.69) is 10.8 Å². The van der Waals surface area contributed by atoms with E-state index in [0.29, 0.717) is 0 Å². The first-order chi connectivity index (χ1) is 10.5. The van der Waals surface area contributed by atoms with Gasteiger partial charge >= 0.3 is 6.09 Å². The van der Waals surface area contributed by atoms with Crippen molar-refractivity contribution in [3.8, 4) is 0 Å². The Morgan fingerprint density at radius 3 is 2.43 bits per heavy atom. The van der Waals surface area contributed by atoms with Gasteiger partial charge in [0, 0.05) is 6.04 Å². The molecule has 2 atom stereocenters. The van der Waals surface area contributed by atoms with E-state index in [4.69, 9.17) is 8.92 Å². The van der Waals surface area contributed by atoms with E-state index in [1.54, 1.807) is 0 Å². The van der Waals surface area contributed by atoms with Crippen LogP contribution in [0.1, 0.15) is 12.8 Å². The number of carbonyl (C=O) groups is 1. The van der Waals surface area contributed by atoms with Crippen molar-refractivity contribution in [2.24, 2.45) is 0 Å². The summed E-state index contributed by atoms with van der Waals surface area (Å²) >= 11 is 0. The first-order valence-corrected chi connectivity index (χ1v) is 10.4. The number of hydrogen-bond donors (Lipinski definition) is 0. The molecule has 0 aliphatic carbocycles. The SMILES string of the molecule is C=CCOC(=O)N1C[C@H](OS(C)(=O)=O)C[C@H]1CCOS(C)(=O)=O. The largest absolute Gasteiger partial charge is 0.445 e. The fourth-order valence-electron chi connectivity index (χ4n) is 2.24. The first-order valence-electron chi connectivity index (χ1n) is 6.79. The molecular formula is C12H21NO8S2. The van der Waals surface area contributed by atoms with Crippen LogP contribution in [-0.2, 0) is 33.3 Å². The lowest BCUT2D eigenvalue weighted by atomic mass is 10.1. The molecule has 1 amide bonds. The summed E-state index contributed by atoms with van der Waals surface area (Å²) in [6, 6.07) is -0.444. The zero-order valence-corrected chi connectivity index (χ0v) is 14.6. The van der Waals surface area contributed by atoms with Gasteiger partial charge in [-0.15, -0.1) is 0 Å². The molecule has 0 bridgehead atoms. The Morgan fingerprint density at radius 1 is 1.26 bits per heavy atom. The van der Waals surface area contributed by atoms with Crippen molar-refractivity contribution in [1.29, 1.82) is 0 Å². The van der Waals surface area contributed by atoms with Crippen LogP contribution >= 0.6 is 0 Å². The summed E-state index contributed by atoms with van der Waals surface area (Å²) in [5.74, 6) is 0. The second kappa shape index (κ2) is 8.08. The number of hydrogen-bond acceptors (Lipinski definition) is 8. The second-order valence-electron chi connectivity index (χ2n) is 5.14. The van der Waals surface area contributed by atoms with E-state index in [-0.39, 0.29) is 32.6 Å². The maximum absolute atomic E-state index is 12.0. The fraction of sp³-hybridized carbons (Fsp3) is 0.750. The highest BCUT2D eigenvalue weighted by molar-refractivity contribution is 7.86. The van der Waals surface area contributed by atoms with Crippen molar-refractivity contribution >= 4 is 26.3 Å². The van der Waals surface area contributed by atoms with Crippen LogP contribution < -0.4 is 0 Å². The van der Waals surface area contributed by atoms with Crippen LogP contribution in [0.4, 0.5) is 4.79 Å². The molecule has 0 spiro atoms. The lowest BCUT2D eigenvalue weighted by molar-refractivity contribution is 0.100. The molecule has 1 aliphatic rings. The summed E-state index contributed by atoms with van der Waals surface area (Å²) in [5, 5.41) is 0. The lowest BCUT2D eigenvalue weighted by Gasteiger charge is -2.23. The Labute approximate surface area is 136 Å². The second-order valence-corrected chi connectivity index (χ2v) is 8.39. The summed E-state index contributed by atoms with van der Waals surface area (Å²) in [6.45, 7) is 3.35. The van der Waals surface area contributed by atoms with Crippen molar-refractivity contribution in [2.45, 2.75) is 25.0 Å². The van der Waals surface area contributed by atoms with Gasteiger partial charge in [-0.1, -0.05) is 12.7 Å². The Bertz CT molecular complexity index is 627. The lowest BCUT2D eigenvalue weighted by Crippen LogP contribution is -2.37. The third-order valence-corrected chi connectivity index (χ3v) is 4.21. The van der Waals surface area contributed by atoms with Gasteiger partial charge < -0.3 is 9.64 Å². The summed E-state index contributed by atoms with van der Waals surface area (Å²) in [6.07, 6.45) is 2.35. The van der Waals surface area contributed by atoms with Crippen LogP contribution in [0.15, 0.2) is 12.7 Å². The minimum Gasteiger partial charge on any atom is -0.445 e. The Morgan fingerprint density at radius 2 is 1.91 bits per heavy atom. The molecule has 0 aromatic rings. The van der Waals surface area contributed by atoms with Gasteiger partial charge in [0.05, 0.1) is 31.8 Å². The molecule has 23 heavy (non-hydrogen) atoms. The average Bonchev–Trinajstić information content (AvgIpc) is 2.75. The van der Waals surface area contributed by atoms with Crippen LogP contribution in [0.3, 0.4) is 0 Å². The average molecular weight is 371 g/mol. The molecule has 11 heteroatoms. The van der Waals surface area contributed by atoms with Crippen LogP contribution in [0.2, 0.25) is 0 Å². The Hall–Kier alpha value is -1.17. The molecule has 0 aromatic carbocycles. The molecule has 1 rings (SSSR count). The molecule has 0 aromatic heterocycles. The molecule has 0 N–H and O–H groups in total. The highest BCUT2D eigenvalue weighted by Crippen LogP contribution is 2.25.